The van der Waals surface area contributed by atoms with Gasteiger partial charge in [-0.2, -0.15) is 5.10 Å². The Labute approximate surface area is 121 Å². The number of hydrogen-bond donors (Lipinski definition) is 1. The quantitative estimate of drug-likeness (QED) is 0.924. The lowest BCUT2D eigenvalue weighted by Gasteiger charge is -2.44. The molecule has 1 N–H and O–H groups in total. The molecule has 3 nitrogen and oxygen atoms in total. The second kappa shape index (κ2) is 5.06. The standard InChI is InChI=1S/C17H23N3/c1-4-20-15(9-14(3)19-20)10-17(11-18-12-17)16-8-6-5-7-13(16)2/h5-9,18H,4,10-12H2,1-3H3. The van der Waals surface area contributed by atoms with Gasteiger partial charge >= 0.3 is 0 Å². The Morgan fingerprint density at radius 3 is 2.60 bits per heavy atom. The molecule has 0 bridgehead atoms. The van der Waals surface area contributed by atoms with Crippen molar-refractivity contribution in [1.82, 2.24) is 15.1 Å². The van der Waals surface area contributed by atoms with Gasteiger partial charge in [0.15, 0.2) is 0 Å². The van der Waals surface area contributed by atoms with Crippen molar-refractivity contribution in [2.24, 2.45) is 0 Å². The van der Waals surface area contributed by atoms with Gasteiger partial charge in [0.05, 0.1) is 5.69 Å². The summed E-state index contributed by atoms with van der Waals surface area (Å²) in [7, 11) is 0. The van der Waals surface area contributed by atoms with Gasteiger partial charge < -0.3 is 5.32 Å². The van der Waals surface area contributed by atoms with Crippen LogP contribution in [0, 0.1) is 13.8 Å². The minimum atomic E-state index is 0.241. The van der Waals surface area contributed by atoms with Crippen LogP contribution >= 0.6 is 0 Å². The lowest BCUT2D eigenvalue weighted by molar-refractivity contribution is 0.267. The maximum absolute atomic E-state index is 4.58. The van der Waals surface area contributed by atoms with Gasteiger partial charge in [-0.1, -0.05) is 24.3 Å². The zero-order chi connectivity index (χ0) is 14.2. The molecule has 1 aromatic carbocycles. The molecule has 0 radical (unpaired) electrons. The van der Waals surface area contributed by atoms with E-state index in [0.717, 1.165) is 31.7 Å². The molecule has 20 heavy (non-hydrogen) atoms. The molecule has 0 spiro atoms. The van der Waals surface area contributed by atoms with Gasteiger partial charge in [-0.15, -0.1) is 0 Å². The smallest absolute Gasteiger partial charge is 0.0596 e. The summed E-state index contributed by atoms with van der Waals surface area (Å²) in [5.74, 6) is 0. The molecule has 0 aliphatic carbocycles. The second-order valence-electron chi connectivity index (χ2n) is 5.97. The van der Waals surface area contributed by atoms with E-state index in [1.54, 1.807) is 0 Å². The highest BCUT2D eigenvalue weighted by Crippen LogP contribution is 2.34. The minimum Gasteiger partial charge on any atom is -0.315 e. The molecule has 1 aliphatic heterocycles. The molecular formula is C17H23N3. The molecule has 1 saturated heterocycles. The van der Waals surface area contributed by atoms with Crippen molar-refractivity contribution in [3.05, 3.63) is 52.8 Å². The third-order valence-electron chi connectivity index (χ3n) is 4.45. The summed E-state index contributed by atoms with van der Waals surface area (Å²) in [5, 5.41) is 8.05. The number of nitrogens with one attached hydrogen (secondary N) is 1. The zero-order valence-electron chi connectivity index (χ0n) is 12.6. The van der Waals surface area contributed by atoms with E-state index in [-0.39, 0.29) is 5.41 Å². The lowest BCUT2D eigenvalue weighted by Crippen LogP contribution is -2.58. The Bertz CT molecular complexity index is 608. The van der Waals surface area contributed by atoms with Gasteiger partial charge in [-0.05, 0) is 38.0 Å². The van der Waals surface area contributed by atoms with Crippen LogP contribution in [0.2, 0.25) is 0 Å². The molecular weight excluding hydrogens is 246 g/mol. The van der Waals surface area contributed by atoms with Crippen LogP contribution in [-0.4, -0.2) is 22.9 Å². The summed E-state index contributed by atoms with van der Waals surface area (Å²) in [5.41, 5.74) is 5.60. The van der Waals surface area contributed by atoms with E-state index < -0.39 is 0 Å². The average Bonchev–Trinajstić information content (AvgIpc) is 2.75. The summed E-state index contributed by atoms with van der Waals surface area (Å²) < 4.78 is 2.15. The third-order valence-corrected chi connectivity index (χ3v) is 4.45. The van der Waals surface area contributed by atoms with Crippen molar-refractivity contribution in [1.29, 1.82) is 0 Å². The van der Waals surface area contributed by atoms with Crippen LogP contribution < -0.4 is 5.32 Å². The van der Waals surface area contributed by atoms with E-state index in [0.29, 0.717) is 0 Å². The predicted molar refractivity (Wildman–Crippen MR) is 82.1 cm³/mol. The first-order valence-corrected chi connectivity index (χ1v) is 7.45. The topological polar surface area (TPSA) is 29.9 Å². The molecule has 0 atom stereocenters. The van der Waals surface area contributed by atoms with Crippen LogP contribution in [0.15, 0.2) is 30.3 Å². The molecule has 2 aromatic rings. The fraction of sp³-hybridized carbons (Fsp3) is 0.471. The van der Waals surface area contributed by atoms with Crippen molar-refractivity contribution in [2.75, 3.05) is 13.1 Å². The number of aryl methyl sites for hydroxylation is 3. The molecule has 0 unspecified atom stereocenters. The fourth-order valence-corrected chi connectivity index (χ4v) is 3.37. The summed E-state index contributed by atoms with van der Waals surface area (Å²) in [6.07, 6.45) is 1.07. The van der Waals surface area contributed by atoms with Crippen LogP contribution in [0.1, 0.15) is 29.4 Å². The van der Waals surface area contributed by atoms with Crippen molar-refractivity contribution in [3.63, 3.8) is 0 Å². The van der Waals surface area contributed by atoms with Crippen LogP contribution in [0.25, 0.3) is 0 Å². The Morgan fingerprint density at radius 1 is 1.25 bits per heavy atom. The number of aromatic nitrogens is 2. The third kappa shape index (κ3) is 2.16. The van der Waals surface area contributed by atoms with E-state index in [9.17, 15) is 0 Å². The van der Waals surface area contributed by atoms with Crippen LogP contribution in [-0.2, 0) is 18.4 Å². The fourth-order valence-electron chi connectivity index (χ4n) is 3.37. The number of hydrogen-bond acceptors (Lipinski definition) is 2. The summed E-state index contributed by atoms with van der Waals surface area (Å²) >= 11 is 0. The predicted octanol–water partition coefficient (Wildman–Crippen LogP) is 2.60. The summed E-state index contributed by atoms with van der Waals surface area (Å²) in [6.45, 7) is 9.53. The van der Waals surface area contributed by atoms with E-state index in [2.05, 4.69) is 66.2 Å². The molecule has 2 heterocycles. The van der Waals surface area contributed by atoms with Crippen molar-refractivity contribution >= 4 is 0 Å². The first-order chi connectivity index (χ1) is 9.64. The maximum atomic E-state index is 4.58. The highest BCUT2D eigenvalue weighted by atomic mass is 15.3. The highest BCUT2D eigenvalue weighted by Gasteiger charge is 2.40. The van der Waals surface area contributed by atoms with Crippen molar-refractivity contribution < 1.29 is 0 Å². The lowest BCUT2D eigenvalue weighted by atomic mass is 9.70. The van der Waals surface area contributed by atoms with E-state index >= 15 is 0 Å². The van der Waals surface area contributed by atoms with Gasteiger partial charge in [0, 0.05) is 37.2 Å². The molecule has 1 aromatic heterocycles. The Morgan fingerprint density at radius 2 is 2.00 bits per heavy atom. The Balaban J connectivity index is 1.96. The molecule has 3 heteroatoms. The average molecular weight is 269 g/mol. The maximum Gasteiger partial charge on any atom is 0.0596 e. The van der Waals surface area contributed by atoms with Gasteiger partial charge in [-0.25, -0.2) is 0 Å². The normalized spacial score (nSPS) is 16.9. The van der Waals surface area contributed by atoms with Crippen LogP contribution in [0.5, 0.6) is 0 Å². The van der Waals surface area contributed by atoms with Crippen LogP contribution in [0.4, 0.5) is 0 Å². The van der Waals surface area contributed by atoms with E-state index in [4.69, 9.17) is 0 Å². The van der Waals surface area contributed by atoms with Crippen molar-refractivity contribution in [3.8, 4) is 0 Å². The van der Waals surface area contributed by atoms with E-state index in [1.165, 1.54) is 16.8 Å². The first-order valence-electron chi connectivity index (χ1n) is 7.45. The molecule has 106 valence electrons. The molecule has 0 amide bonds. The van der Waals surface area contributed by atoms with Gasteiger partial charge in [0.25, 0.3) is 0 Å². The van der Waals surface area contributed by atoms with E-state index in [1.807, 2.05) is 0 Å². The number of rotatable bonds is 4. The van der Waals surface area contributed by atoms with Gasteiger partial charge in [0.1, 0.15) is 0 Å². The van der Waals surface area contributed by atoms with Crippen LogP contribution in [0.3, 0.4) is 0 Å². The molecule has 1 fully saturated rings. The zero-order valence-corrected chi connectivity index (χ0v) is 12.6. The summed E-state index contributed by atoms with van der Waals surface area (Å²) in [4.78, 5) is 0. The summed E-state index contributed by atoms with van der Waals surface area (Å²) in [6, 6.07) is 11.0. The monoisotopic (exact) mass is 269 g/mol. The minimum absolute atomic E-state index is 0.241. The highest BCUT2D eigenvalue weighted by molar-refractivity contribution is 5.38. The van der Waals surface area contributed by atoms with Crippen molar-refractivity contribution in [2.45, 2.75) is 39.2 Å². The molecule has 1 aliphatic rings. The first kappa shape index (κ1) is 13.4. The molecule has 0 saturated carbocycles. The SMILES string of the molecule is CCn1nc(C)cc1CC1(c2ccccc2C)CNC1. The number of benzene rings is 1. The van der Waals surface area contributed by atoms with Gasteiger partial charge in [0.2, 0.25) is 0 Å². The molecule has 3 rings (SSSR count). The van der Waals surface area contributed by atoms with Gasteiger partial charge in [-0.3, -0.25) is 4.68 Å². The second-order valence-corrected chi connectivity index (χ2v) is 5.97. The Kier molecular flexibility index (Phi) is 3.38. The largest absolute Gasteiger partial charge is 0.315 e. The number of nitrogens with zero attached hydrogens (tertiary/aromatic N) is 2. The Hall–Kier alpha value is -1.61.